The molecular formula is C12H18BF3. The lowest BCUT2D eigenvalue weighted by Gasteiger charge is -2.33. The van der Waals surface area contributed by atoms with Crippen LogP contribution in [0.3, 0.4) is 0 Å². The van der Waals surface area contributed by atoms with Crippen LogP contribution in [0.4, 0.5) is 13.2 Å². The molecule has 5 atom stereocenters. The third-order valence-electron chi connectivity index (χ3n) is 5.35. The Morgan fingerprint density at radius 3 is 2.25 bits per heavy atom. The van der Waals surface area contributed by atoms with E-state index in [1.807, 2.05) is 0 Å². The highest BCUT2D eigenvalue weighted by atomic mass is 19.4. The summed E-state index contributed by atoms with van der Waals surface area (Å²) in [6.45, 7) is 1.76. The smallest absolute Gasteiger partial charge is 0.171 e. The molecule has 3 fully saturated rings. The summed E-state index contributed by atoms with van der Waals surface area (Å²) in [6.07, 6.45) is 1.40. The normalized spacial score (nSPS) is 43.1. The van der Waals surface area contributed by atoms with Gasteiger partial charge in [-0.1, -0.05) is 44.1 Å². The van der Waals surface area contributed by atoms with Crippen molar-refractivity contribution in [2.75, 3.05) is 0 Å². The van der Waals surface area contributed by atoms with E-state index < -0.39 is 12.1 Å². The van der Waals surface area contributed by atoms with Gasteiger partial charge >= 0.3 is 6.18 Å². The Labute approximate surface area is 95.1 Å². The average molecular weight is 230 g/mol. The maximum atomic E-state index is 12.6. The van der Waals surface area contributed by atoms with Gasteiger partial charge in [0.15, 0.2) is 0 Å². The van der Waals surface area contributed by atoms with E-state index in [9.17, 15) is 13.2 Å². The van der Waals surface area contributed by atoms with Crippen LogP contribution < -0.4 is 0 Å². The van der Waals surface area contributed by atoms with Crippen LogP contribution >= 0.6 is 0 Å². The van der Waals surface area contributed by atoms with E-state index in [1.165, 1.54) is 32.6 Å². The number of hydrogen-bond donors (Lipinski definition) is 0. The minimum Gasteiger partial charge on any atom is -0.171 e. The largest absolute Gasteiger partial charge is 0.390 e. The molecule has 2 heterocycles. The molecule has 3 aliphatic rings. The molecule has 3 rings (SSSR count). The van der Waals surface area contributed by atoms with Crippen molar-refractivity contribution in [3.63, 3.8) is 0 Å². The minimum absolute atomic E-state index is 0.395. The number of rotatable bonds is 2. The van der Waals surface area contributed by atoms with Gasteiger partial charge in [0.1, 0.15) is 6.71 Å². The van der Waals surface area contributed by atoms with E-state index in [4.69, 9.17) is 0 Å². The predicted octanol–water partition coefficient (Wildman–Crippen LogP) is 4.25. The molecule has 1 aliphatic carbocycles. The molecule has 90 valence electrons. The first-order chi connectivity index (χ1) is 7.48. The summed E-state index contributed by atoms with van der Waals surface area (Å²) in [4.78, 5) is 0. The summed E-state index contributed by atoms with van der Waals surface area (Å²) < 4.78 is 37.8. The molecule has 2 aliphatic heterocycles. The molecule has 16 heavy (non-hydrogen) atoms. The minimum atomic E-state index is -3.99. The van der Waals surface area contributed by atoms with Crippen LogP contribution in [0.5, 0.6) is 0 Å². The fourth-order valence-electron chi connectivity index (χ4n) is 4.51. The Hall–Kier alpha value is -0.145. The highest BCUT2D eigenvalue weighted by Crippen LogP contribution is 2.69. The van der Waals surface area contributed by atoms with Crippen molar-refractivity contribution in [3.05, 3.63) is 0 Å². The van der Waals surface area contributed by atoms with Crippen molar-refractivity contribution in [1.29, 1.82) is 0 Å². The number of alkyl halides is 3. The molecular weight excluding hydrogens is 212 g/mol. The zero-order valence-corrected chi connectivity index (χ0v) is 9.63. The lowest BCUT2D eigenvalue weighted by molar-refractivity contribution is -0.164. The van der Waals surface area contributed by atoms with Crippen molar-refractivity contribution < 1.29 is 13.2 Å². The fourth-order valence-corrected chi connectivity index (χ4v) is 4.51. The Bertz CT molecular complexity index is 272. The fraction of sp³-hybridized carbons (Fsp3) is 1.00. The Morgan fingerprint density at radius 2 is 1.75 bits per heavy atom. The molecule has 0 nitrogen and oxygen atoms in total. The zero-order valence-electron chi connectivity index (χ0n) is 9.63. The first-order valence-corrected chi connectivity index (χ1v) is 6.55. The van der Waals surface area contributed by atoms with Gasteiger partial charge in [-0.05, 0) is 18.3 Å². The van der Waals surface area contributed by atoms with Crippen LogP contribution in [0, 0.1) is 17.8 Å². The van der Waals surface area contributed by atoms with Gasteiger partial charge in [-0.3, -0.25) is 0 Å². The second-order valence-electron chi connectivity index (χ2n) is 6.16. The monoisotopic (exact) mass is 230 g/mol. The molecule has 0 aromatic carbocycles. The van der Waals surface area contributed by atoms with Crippen LogP contribution in [0.15, 0.2) is 0 Å². The molecule has 2 saturated heterocycles. The third-order valence-corrected chi connectivity index (χ3v) is 5.35. The molecule has 5 unspecified atom stereocenters. The summed E-state index contributed by atoms with van der Waals surface area (Å²) in [5, 5.41) is 0. The van der Waals surface area contributed by atoms with Crippen LogP contribution in [0.1, 0.15) is 32.6 Å². The first-order valence-electron chi connectivity index (χ1n) is 6.55. The maximum Gasteiger partial charge on any atom is 0.390 e. The van der Waals surface area contributed by atoms with Crippen molar-refractivity contribution >= 4 is 6.71 Å². The topological polar surface area (TPSA) is 0 Å². The lowest BCUT2D eigenvalue weighted by Crippen LogP contribution is -2.33. The summed E-state index contributed by atoms with van der Waals surface area (Å²) >= 11 is 0. The van der Waals surface area contributed by atoms with Gasteiger partial charge in [0.2, 0.25) is 0 Å². The van der Waals surface area contributed by atoms with E-state index in [0.29, 0.717) is 24.7 Å². The molecule has 0 aromatic rings. The lowest BCUT2D eigenvalue weighted by atomic mass is 9.29. The number of hydrogen-bond acceptors (Lipinski definition) is 0. The molecule has 0 N–H and O–H groups in total. The SMILES string of the molecule is CC(CB1C2CCCC1C1CC21)C(F)(F)F. The second-order valence-corrected chi connectivity index (χ2v) is 6.16. The number of halogens is 3. The Morgan fingerprint density at radius 1 is 1.19 bits per heavy atom. The molecule has 0 amide bonds. The van der Waals surface area contributed by atoms with Gasteiger partial charge in [-0.15, -0.1) is 0 Å². The van der Waals surface area contributed by atoms with Crippen LogP contribution in [0.25, 0.3) is 0 Å². The average Bonchev–Trinajstić information content (AvgIpc) is 2.91. The molecule has 0 aromatic heterocycles. The molecule has 0 spiro atoms. The molecule has 1 saturated carbocycles. The van der Waals surface area contributed by atoms with E-state index in [-0.39, 0.29) is 0 Å². The molecule has 4 heteroatoms. The van der Waals surface area contributed by atoms with Crippen molar-refractivity contribution in [3.8, 4) is 0 Å². The summed E-state index contributed by atoms with van der Waals surface area (Å²) in [7, 11) is 0. The van der Waals surface area contributed by atoms with Crippen LogP contribution in [-0.4, -0.2) is 12.9 Å². The van der Waals surface area contributed by atoms with Gasteiger partial charge in [-0.2, -0.15) is 13.2 Å². The van der Waals surface area contributed by atoms with E-state index >= 15 is 0 Å². The predicted molar refractivity (Wildman–Crippen MR) is 58.7 cm³/mol. The first kappa shape index (κ1) is 11.0. The van der Waals surface area contributed by atoms with E-state index in [1.54, 1.807) is 0 Å². The summed E-state index contributed by atoms with van der Waals surface area (Å²) in [5.41, 5.74) is 0. The van der Waals surface area contributed by atoms with Crippen LogP contribution in [-0.2, 0) is 0 Å². The Kier molecular flexibility index (Phi) is 2.35. The highest BCUT2D eigenvalue weighted by Gasteiger charge is 2.62. The van der Waals surface area contributed by atoms with Gasteiger partial charge in [0.25, 0.3) is 0 Å². The summed E-state index contributed by atoms with van der Waals surface area (Å²) in [6, 6.07) is 0. The maximum absolute atomic E-state index is 12.6. The van der Waals surface area contributed by atoms with Crippen molar-refractivity contribution in [1.82, 2.24) is 0 Å². The van der Waals surface area contributed by atoms with E-state index in [0.717, 1.165) is 11.8 Å². The van der Waals surface area contributed by atoms with E-state index in [2.05, 4.69) is 0 Å². The zero-order chi connectivity index (χ0) is 11.5. The van der Waals surface area contributed by atoms with Gasteiger partial charge in [-0.25, -0.2) is 0 Å². The van der Waals surface area contributed by atoms with Crippen molar-refractivity contribution in [2.24, 2.45) is 17.8 Å². The second kappa shape index (κ2) is 3.42. The standard InChI is InChI=1S/C12H18BF3/c1-7(12(14,15)16)6-13-10-3-2-4-11(13)9-5-8(9)10/h7-11H,2-6H2,1H3. The van der Waals surface area contributed by atoms with Gasteiger partial charge < -0.3 is 0 Å². The Balaban J connectivity index is 1.68. The molecule has 2 bridgehead atoms. The van der Waals surface area contributed by atoms with Gasteiger partial charge in [0.05, 0.1) is 0 Å². The summed E-state index contributed by atoms with van der Waals surface area (Å²) in [5.74, 6) is 1.83. The van der Waals surface area contributed by atoms with Crippen molar-refractivity contribution in [2.45, 2.75) is 56.7 Å². The van der Waals surface area contributed by atoms with Gasteiger partial charge in [0, 0.05) is 5.92 Å². The number of fused-ring (bicyclic) bond motifs is 5. The molecule has 0 radical (unpaired) electrons. The highest BCUT2D eigenvalue weighted by molar-refractivity contribution is 6.64. The van der Waals surface area contributed by atoms with Crippen LogP contribution in [0.2, 0.25) is 18.0 Å². The quantitative estimate of drug-likeness (QED) is 0.622. The third kappa shape index (κ3) is 1.60.